The lowest BCUT2D eigenvalue weighted by molar-refractivity contribution is 0.314. The number of halogens is 2. The SMILES string of the molecule is CCN(CC)CC.COP(=O)(F)F. The summed E-state index contributed by atoms with van der Waals surface area (Å²) in [5, 5.41) is 0. The van der Waals surface area contributed by atoms with Crippen molar-refractivity contribution in [2.45, 2.75) is 20.8 Å². The van der Waals surface area contributed by atoms with Crippen LogP contribution in [0.1, 0.15) is 20.8 Å². The molecule has 0 saturated heterocycles. The maximum atomic E-state index is 10.8. The summed E-state index contributed by atoms with van der Waals surface area (Å²) in [6.45, 7) is 10.1. The van der Waals surface area contributed by atoms with E-state index in [1.54, 1.807) is 0 Å². The van der Waals surface area contributed by atoms with E-state index in [4.69, 9.17) is 4.57 Å². The summed E-state index contributed by atoms with van der Waals surface area (Å²) in [7, 11) is -4.45. The van der Waals surface area contributed by atoms with E-state index < -0.39 is 7.99 Å². The fraction of sp³-hybridized carbons (Fsp3) is 1.00. The van der Waals surface area contributed by atoms with Crippen LogP contribution in [-0.4, -0.2) is 31.6 Å². The summed E-state index contributed by atoms with van der Waals surface area (Å²) in [6, 6.07) is 0. The second-order valence-corrected chi connectivity index (χ2v) is 3.41. The normalized spacial score (nSPS) is 11.0. The molecular formula is C7H18F2NO2P. The standard InChI is InChI=1S/C6H15N.CH3F2O2P/c1-4-7(5-2)6-3;1-5-6(2,3)4/h4-6H2,1-3H3;1H3. The maximum absolute atomic E-state index is 10.8. The van der Waals surface area contributed by atoms with Crippen LogP contribution in [0.15, 0.2) is 0 Å². The molecule has 0 atom stereocenters. The summed E-state index contributed by atoms with van der Waals surface area (Å²) in [5.41, 5.74) is 0. The number of hydrogen-bond donors (Lipinski definition) is 0. The lowest BCUT2D eigenvalue weighted by Crippen LogP contribution is -2.21. The van der Waals surface area contributed by atoms with Crippen molar-refractivity contribution in [3.63, 3.8) is 0 Å². The molecule has 3 nitrogen and oxygen atoms in total. The van der Waals surface area contributed by atoms with Crippen LogP contribution >= 0.6 is 7.99 Å². The first kappa shape index (κ1) is 15.5. The van der Waals surface area contributed by atoms with Crippen molar-refractivity contribution in [1.82, 2.24) is 4.90 Å². The smallest absolute Gasteiger partial charge is 0.304 e. The van der Waals surface area contributed by atoms with Crippen LogP contribution in [0.25, 0.3) is 0 Å². The highest BCUT2D eigenvalue weighted by Gasteiger charge is 2.15. The summed E-state index contributed by atoms with van der Waals surface area (Å²) in [5.74, 6) is 0. The third-order valence-electron chi connectivity index (χ3n) is 1.55. The van der Waals surface area contributed by atoms with E-state index in [1.165, 1.54) is 19.6 Å². The second kappa shape index (κ2) is 8.60. The molecule has 0 fully saturated rings. The van der Waals surface area contributed by atoms with Crippen LogP contribution in [0.2, 0.25) is 0 Å². The molecule has 6 heteroatoms. The highest BCUT2D eigenvalue weighted by molar-refractivity contribution is 7.47. The van der Waals surface area contributed by atoms with Gasteiger partial charge in [0.15, 0.2) is 0 Å². The summed E-state index contributed by atoms with van der Waals surface area (Å²) >= 11 is 0. The average molecular weight is 217 g/mol. The van der Waals surface area contributed by atoms with Crippen molar-refractivity contribution >= 4 is 7.99 Å². The van der Waals surface area contributed by atoms with Gasteiger partial charge in [-0.3, -0.25) is 4.52 Å². The van der Waals surface area contributed by atoms with Gasteiger partial charge in [-0.25, -0.2) is 4.57 Å². The number of nitrogens with zero attached hydrogens (tertiary/aromatic N) is 1. The van der Waals surface area contributed by atoms with Crippen LogP contribution in [0.5, 0.6) is 0 Å². The van der Waals surface area contributed by atoms with E-state index >= 15 is 0 Å². The van der Waals surface area contributed by atoms with Gasteiger partial charge in [0.25, 0.3) is 0 Å². The molecule has 0 rings (SSSR count). The van der Waals surface area contributed by atoms with Crippen LogP contribution < -0.4 is 0 Å². The Balaban J connectivity index is 0. The highest BCUT2D eigenvalue weighted by atomic mass is 31.2. The Bertz CT molecular complexity index is 142. The Morgan fingerprint density at radius 1 is 1.15 bits per heavy atom. The predicted molar refractivity (Wildman–Crippen MR) is 50.3 cm³/mol. The van der Waals surface area contributed by atoms with Crippen LogP contribution in [0.3, 0.4) is 0 Å². The van der Waals surface area contributed by atoms with E-state index in [9.17, 15) is 8.39 Å². The first-order valence-electron chi connectivity index (χ1n) is 4.18. The molecule has 0 N–H and O–H groups in total. The van der Waals surface area contributed by atoms with E-state index in [0.717, 1.165) is 0 Å². The largest absolute Gasteiger partial charge is 0.551 e. The zero-order chi connectivity index (χ0) is 10.9. The van der Waals surface area contributed by atoms with E-state index in [2.05, 4.69) is 30.2 Å². The predicted octanol–water partition coefficient (Wildman–Crippen LogP) is 3.03. The molecule has 0 bridgehead atoms. The summed E-state index contributed by atoms with van der Waals surface area (Å²) in [6.07, 6.45) is 0. The van der Waals surface area contributed by atoms with E-state index in [1.807, 2.05) is 0 Å². The van der Waals surface area contributed by atoms with Crippen molar-refractivity contribution in [1.29, 1.82) is 0 Å². The van der Waals surface area contributed by atoms with Gasteiger partial charge >= 0.3 is 7.99 Å². The molecule has 0 aromatic heterocycles. The molecule has 0 saturated carbocycles. The van der Waals surface area contributed by atoms with Crippen molar-refractivity contribution in [2.75, 3.05) is 26.7 Å². The molecule has 0 amide bonds. The van der Waals surface area contributed by atoms with Crippen LogP contribution in [0.4, 0.5) is 8.39 Å². The van der Waals surface area contributed by atoms with Crippen molar-refractivity contribution < 1.29 is 17.5 Å². The Hall–Kier alpha value is 0.01000. The molecule has 0 radical (unpaired) electrons. The van der Waals surface area contributed by atoms with Crippen molar-refractivity contribution in [3.05, 3.63) is 0 Å². The van der Waals surface area contributed by atoms with Gasteiger partial charge in [0.05, 0.1) is 0 Å². The van der Waals surface area contributed by atoms with Gasteiger partial charge in [0.1, 0.15) is 0 Å². The first-order valence-corrected chi connectivity index (χ1v) is 5.59. The quantitative estimate of drug-likeness (QED) is 0.678. The van der Waals surface area contributed by atoms with Gasteiger partial charge in [0, 0.05) is 7.11 Å². The Morgan fingerprint density at radius 2 is 1.38 bits per heavy atom. The van der Waals surface area contributed by atoms with E-state index in [0.29, 0.717) is 7.11 Å². The summed E-state index contributed by atoms with van der Waals surface area (Å²) < 4.78 is 33.8. The van der Waals surface area contributed by atoms with Gasteiger partial charge in [-0.05, 0) is 19.6 Å². The molecule has 0 spiro atoms. The molecule has 0 aliphatic rings. The minimum Gasteiger partial charge on any atom is -0.304 e. The molecule has 82 valence electrons. The Kier molecular flexibility index (Phi) is 10.2. The van der Waals surface area contributed by atoms with Crippen LogP contribution in [0, 0.1) is 0 Å². The zero-order valence-electron chi connectivity index (χ0n) is 8.59. The van der Waals surface area contributed by atoms with Gasteiger partial charge in [0.2, 0.25) is 0 Å². The Labute approximate surface area is 78.8 Å². The van der Waals surface area contributed by atoms with Gasteiger partial charge in [-0.1, -0.05) is 20.8 Å². The maximum Gasteiger partial charge on any atom is 0.551 e. The number of rotatable bonds is 4. The van der Waals surface area contributed by atoms with E-state index in [-0.39, 0.29) is 0 Å². The molecule has 0 aromatic rings. The van der Waals surface area contributed by atoms with Gasteiger partial charge in [-0.2, -0.15) is 0 Å². The molecule has 0 heterocycles. The molecule has 0 aliphatic carbocycles. The molecule has 0 unspecified atom stereocenters. The number of hydrogen-bond acceptors (Lipinski definition) is 3. The lowest BCUT2D eigenvalue weighted by Gasteiger charge is -2.13. The topological polar surface area (TPSA) is 29.5 Å². The van der Waals surface area contributed by atoms with Gasteiger partial charge < -0.3 is 4.90 Å². The van der Waals surface area contributed by atoms with Gasteiger partial charge in [-0.15, -0.1) is 8.39 Å². The lowest BCUT2D eigenvalue weighted by atomic mass is 10.5. The minimum atomic E-state index is -5.15. The molecule has 0 aliphatic heterocycles. The van der Waals surface area contributed by atoms with Crippen molar-refractivity contribution in [2.24, 2.45) is 0 Å². The fourth-order valence-corrected chi connectivity index (χ4v) is 0.671. The molecular weight excluding hydrogens is 199 g/mol. The molecule has 0 aromatic carbocycles. The van der Waals surface area contributed by atoms with Crippen molar-refractivity contribution in [3.8, 4) is 0 Å². The van der Waals surface area contributed by atoms with Crippen LogP contribution in [-0.2, 0) is 9.09 Å². The average Bonchev–Trinajstić information content (AvgIpc) is 2.07. The fourth-order valence-electron chi connectivity index (χ4n) is 0.671. The molecule has 13 heavy (non-hydrogen) atoms. The minimum absolute atomic E-state index is 0.695. The first-order chi connectivity index (χ1) is 5.91. The third kappa shape index (κ3) is 14.8. The summed E-state index contributed by atoms with van der Waals surface area (Å²) in [4.78, 5) is 2.38. The zero-order valence-corrected chi connectivity index (χ0v) is 9.48. The Morgan fingerprint density at radius 3 is 1.38 bits per heavy atom. The second-order valence-electron chi connectivity index (χ2n) is 2.22. The third-order valence-corrected chi connectivity index (χ3v) is 1.98. The monoisotopic (exact) mass is 217 g/mol. The highest BCUT2D eigenvalue weighted by Crippen LogP contribution is 2.48.